The fourth-order valence-electron chi connectivity index (χ4n) is 3.62. The van der Waals surface area contributed by atoms with E-state index < -0.39 is 18.0 Å². The number of thiophene rings is 1. The number of ether oxygens (including phenoxy) is 2. The standard InChI is InChI=1S/C27H25NO6S/c1-5-32-27(31)21-15(2)17(4)35-26(21)28-25(30)16(3)33-24-22(29)19-13-9-10-14-20(19)34-23(24)18-11-7-6-8-12-18/h6-14,16H,5H2,1-4H3,(H,28,30). The summed E-state index contributed by atoms with van der Waals surface area (Å²) in [5.74, 6) is -0.825. The first kappa shape index (κ1) is 24.2. The van der Waals surface area contributed by atoms with Crippen LogP contribution in [-0.2, 0) is 9.53 Å². The number of nitrogens with one attached hydrogen (secondary N) is 1. The molecule has 4 aromatic rings. The Morgan fingerprint density at radius 2 is 1.74 bits per heavy atom. The summed E-state index contributed by atoms with van der Waals surface area (Å²) in [5.41, 5.74) is 1.76. The number of rotatable bonds is 7. The minimum Gasteiger partial charge on any atom is -0.473 e. The van der Waals surface area contributed by atoms with E-state index in [0.717, 1.165) is 10.4 Å². The van der Waals surface area contributed by atoms with E-state index in [1.165, 1.54) is 18.3 Å². The van der Waals surface area contributed by atoms with Gasteiger partial charge in [0.2, 0.25) is 11.2 Å². The Morgan fingerprint density at radius 1 is 1.06 bits per heavy atom. The number of hydrogen-bond donors (Lipinski definition) is 1. The van der Waals surface area contributed by atoms with Crippen molar-refractivity contribution in [1.82, 2.24) is 0 Å². The van der Waals surface area contributed by atoms with E-state index in [-0.39, 0.29) is 23.5 Å². The van der Waals surface area contributed by atoms with Crippen LogP contribution in [0.25, 0.3) is 22.3 Å². The Bertz CT molecular complexity index is 1450. The van der Waals surface area contributed by atoms with Gasteiger partial charge in [0.05, 0.1) is 17.6 Å². The summed E-state index contributed by atoms with van der Waals surface area (Å²) in [7, 11) is 0. The zero-order valence-corrected chi connectivity index (χ0v) is 20.7. The lowest BCUT2D eigenvalue weighted by atomic mass is 10.1. The Kier molecular flexibility index (Phi) is 7.02. The van der Waals surface area contributed by atoms with Gasteiger partial charge in [-0.3, -0.25) is 9.59 Å². The van der Waals surface area contributed by atoms with E-state index in [0.29, 0.717) is 27.1 Å². The predicted octanol–water partition coefficient (Wildman–Crippen LogP) is 5.72. The van der Waals surface area contributed by atoms with Crippen LogP contribution in [0, 0.1) is 13.8 Å². The smallest absolute Gasteiger partial charge is 0.341 e. The van der Waals surface area contributed by atoms with Gasteiger partial charge in [0, 0.05) is 10.4 Å². The first-order valence-corrected chi connectivity index (χ1v) is 12.0. The van der Waals surface area contributed by atoms with E-state index in [4.69, 9.17) is 13.9 Å². The number of anilines is 1. The third-order valence-corrected chi connectivity index (χ3v) is 6.68. The van der Waals surface area contributed by atoms with Gasteiger partial charge in [-0.25, -0.2) is 4.79 Å². The third kappa shape index (κ3) is 4.83. The van der Waals surface area contributed by atoms with Crippen LogP contribution in [0.4, 0.5) is 5.00 Å². The number of amides is 1. The molecule has 7 nitrogen and oxygen atoms in total. The second-order valence-electron chi connectivity index (χ2n) is 7.91. The zero-order valence-electron chi connectivity index (χ0n) is 19.8. The van der Waals surface area contributed by atoms with Crippen molar-refractivity contribution in [3.63, 3.8) is 0 Å². The Morgan fingerprint density at radius 3 is 2.46 bits per heavy atom. The summed E-state index contributed by atoms with van der Waals surface area (Å²) in [6, 6.07) is 16.0. The number of para-hydroxylation sites is 1. The summed E-state index contributed by atoms with van der Waals surface area (Å²) >= 11 is 1.28. The van der Waals surface area contributed by atoms with Crippen LogP contribution in [0.1, 0.15) is 34.6 Å². The molecule has 1 amide bonds. The molecule has 2 aromatic heterocycles. The Labute approximate surface area is 206 Å². The molecule has 0 saturated carbocycles. The van der Waals surface area contributed by atoms with Gasteiger partial charge in [0.1, 0.15) is 10.6 Å². The van der Waals surface area contributed by atoms with E-state index in [1.54, 1.807) is 50.2 Å². The Balaban J connectivity index is 1.68. The molecule has 1 unspecified atom stereocenters. The molecule has 35 heavy (non-hydrogen) atoms. The molecule has 1 atom stereocenters. The fourth-order valence-corrected chi connectivity index (χ4v) is 4.67. The van der Waals surface area contributed by atoms with Gasteiger partial charge in [0.25, 0.3) is 5.91 Å². The molecule has 2 heterocycles. The van der Waals surface area contributed by atoms with Gasteiger partial charge >= 0.3 is 5.97 Å². The van der Waals surface area contributed by atoms with Crippen LogP contribution in [0.5, 0.6) is 5.75 Å². The minimum atomic E-state index is -1.06. The molecule has 2 aromatic carbocycles. The lowest BCUT2D eigenvalue weighted by Gasteiger charge is -2.17. The van der Waals surface area contributed by atoms with Crippen molar-refractivity contribution in [2.45, 2.75) is 33.8 Å². The van der Waals surface area contributed by atoms with Crippen molar-refractivity contribution < 1.29 is 23.5 Å². The second-order valence-corrected chi connectivity index (χ2v) is 9.13. The molecule has 1 N–H and O–H groups in total. The van der Waals surface area contributed by atoms with Gasteiger partial charge in [-0.1, -0.05) is 42.5 Å². The average Bonchev–Trinajstić information content (AvgIpc) is 3.13. The number of hydrogen-bond acceptors (Lipinski definition) is 7. The van der Waals surface area contributed by atoms with Crippen LogP contribution in [0.2, 0.25) is 0 Å². The first-order chi connectivity index (χ1) is 16.8. The highest BCUT2D eigenvalue weighted by Crippen LogP contribution is 2.34. The minimum absolute atomic E-state index is 0.0540. The maximum Gasteiger partial charge on any atom is 0.341 e. The van der Waals surface area contributed by atoms with Crippen LogP contribution in [-0.4, -0.2) is 24.6 Å². The fraction of sp³-hybridized carbons (Fsp3) is 0.222. The summed E-state index contributed by atoms with van der Waals surface area (Å²) in [6.45, 7) is 7.15. The second kappa shape index (κ2) is 10.1. The summed E-state index contributed by atoms with van der Waals surface area (Å²) in [5, 5.41) is 3.50. The Hall–Kier alpha value is -3.91. The van der Waals surface area contributed by atoms with Gasteiger partial charge in [-0.05, 0) is 45.4 Å². The van der Waals surface area contributed by atoms with Gasteiger partial charge < -0.3 is 19.2 Å². The molecule has 0 aliphatic rings. The lowest BCUT2D eigenvalue weighted by molar-refractivity contribution is -0.122. The van der Waals surface area contributed by atoms with Gasteiger partial charge in [-0.15, -0.1) is 11.3 Å². The van der Waals surface area contributed by atoms with E-state index >= 15 is 0 Å². The predicted molar refractivity (Wildman–Crippen MR) is 136 cm³/mol. The highest BCUT2D eigenvalue weighted by molar-refractivity contribution is 7.16. The van der Waals surface area contributed by atoms with E-state index in [9.17, 15) is 14.4 Å². The van der Waals surface area contributed by atoms with E-state index in [1.807, 2.05) is 25.1 Å². The summed E-state index contributed by atoms with van der Waals surface area (Å²) in [4.78, 5) is 39.8. The number of carbonyl (C=O) groups excluding carboxylic acids is 2. The maximum atomic E-state index is 13.3. The number of fused-ring (bicyclic) bond motifs is 1. The molecular weight excluding hydrogens is 466 g/mol. The van der Waals surface area contributed by atoms with Crippen molar-refractivity contribution in [2.75, 3.05) is 11.9 Å². The molecule has 8 heteroatoms. The number of benzene rings is 2. The van der Waals surface area contributed by atoms with Crippen molar-refractivity contribution in [3.8, 4) is 17.1 Å². The van der Waals surface area contributed by atoms with Crippen LogP contribution in [0.3, 0.4) is 0 Å². The van der Waals surface area contributed by atoms with Crippen molar-refractivity contribution >= 4 is 39.2 Å². The molecule has 0 aliphatic carbocycles. The average molecular weight is 492 g/mol. The summed E-state index contributed by atoms with van der Waals surface area (Å²) in [6.07, 6.45) is -1.06. The largest absolute Gasteiger partial charge is 0.473 e. The normalized spacial score (nSPS) is 11.8. The molecule has 0 fully saturated rings. The van der Waals surface area contributed by atoms with Crippen molar-refractivity contribution in [3.05, 3.63) is 80.8 Å². The summed E-state index contributed by atoms with van der Waals surface area (Å²) < 4.78 is 17.1. The highest BCUT2D eigenvalue weighted by Gasteiger charge is 2.26. The highest BCUT2D eigenvalue weighted by atomic mass is 32.1. The van der Waals surface area contributed by atoms with E-state index in [2.05, 4.69) is 5.32 Å². The molecule has 0 radical (unpaired) electrons. The van der Waals surface area contributed by atoms with Crippen LogP contribution in [0.15, 0.2) is 63.8 Å². The number of carbonyl (C=O) groups is 2. The van der Waals surface area contributed by atoms with Crippen molar-refractivity contribution in [1.29, 1.82) is 0 Å². The van der Waals surface area contributed by atoms with Crippen LogP contribution >= 0.6 is 11.3 Å². The first-order valence-electron chi connectivity index (χ1n) is 11.2. The maximum absolute atomic E-state index is 13.3. The van der Waals surface area contributed by atoms with Gasteiger partial charge in [-0.2, -0.15) is 0 Å². The van der Waals surface area contributed by atoms with Gasteiger partial charge in [0.15, 0.2) is 11.9 Å². The molecule has 180 valence electrons. The zero-order chi connectivity index (χ0) is 25.1. The SMILES string of the molecule is CCOC(=O)c1c(NC(=O)C(C)Oc2c(-c3ccccc3)oc3ccccc3c2=O)sc(C)c1C. The molecule has 0 aliphatic heterocycles. The third-order valence-electron chi connectivity index (χ3n) is 5.56. The molecular formula is C27H25NO6S. The molecule has 0 bridgehead atoms. The molecule has 0 saturated heterocycles. The van der Waals surface area contributed by atoms with Crippen LogP contribution < -0.4 is 15.5 Å². The number of aryl methyl sites for hydroxylation is 1. The lowest BCUT2D eigenvalue weighted by Crippen LogP contribution is -2.32. The quantitative estimate of drug-likeness (QED) is 0.332. The topological polar surface area (TPSA) is 94.8 Å². The molecule has 0 spiro atoms. The van der Waals surface area contributed by atoms with Crippen molar-refractivity contribution in [2.24, 2.45) is 0 Å². The molecule has 4 rings (SSSR count). The monoisotopic (exact) mass is 491 g/mol. The number of esters is 1.